The second-order valence-corrected chi connectivity index (χ2v) is 14.4. The normalized spacial score (nSPS) is 37.7. The van der Waals surface area contributed by atoms with Gasteiger partial charge in [-0.15, -0.1) is 0 Å². The van der Waals surface area contributed by atoms with Crippen molar-refractivity contribution in [3.05, 3.63) is 0 Å². The van der Waals surface area contributed by atoms with Gasteiger partial charge in [-0.1, -0.05) is 41.0 Å². The molecule has 0 bridgehead atoms. The van der Waals surface area contributed by atoms with E-state index in [1.54, 1.807) is 0 Å². The minimum absolute atomic E-state index is 0.196. The molecule has 5 atom stereocenters. The van der Waals surface area contributed by atoms with Crippen LogP contribution in [0.3, 0.4) is 0 Å². The highest BCUT2D eigenvalue weighted by Crippen LogP contribution is 2.58. The van der Waals surface area contributed by atoms with Crippen molar-refractivity contribution in [3.63, 3.8) is 0 Å². The Hall–Kier alpha value is -0.153. The van der Waals surface area contributed by atoms with Crippen molar-refractivity contribution >= 4 is 14.6 Å². The largest absolute Gasteiger partial charge is 0.414 e. The van der Waals surface area contributed by atoms with Crippen molar-refractivity contribution in [2.75, 3.05) is 0 Å². The van der Waals surface area contributed by atoms with E-state index in [1.807, 2.05) is 0 Å². The zero-order chi connectivity index (χ0) is 16.8. The van der Waals surface area contributed by atoms with E-state index in [0.29, 0.717) is 23.4 Å². The Labute approximate surface area is 138 Å². The molecule has 0 aromatic heterocycles. The number of carbonyl (C=O) groups excluding carboxylic acids is 1. The van der Waals surface area contributed by atoms with Gasteiger partial charge in [0.2, 0.25) is 0 Å². The third-order valence-electron chi connectivity index (χ3n) is 7.24. The Bertz CT molecular complexity index is 412. The maximum Gasteiger partial charge on any atom is 0.192 e. The first-order valence-corrected chi connectivity index (χ1v) is 12.1. The van der Waals surface area contributed by atoms with Crippen LogP contribution in [0.15, 0.2) is 0 Å². The Balaban J connectivity index is 2.18. The van der Waals surface area contributed by atoms with Crippen LogP contribution >= 0.6 is 0 Å². The van der Waals surface area contributed by atoms with Gasteiger partial charge in [-0.05, 0) is 61.1 Å². The smallest absolute Gasteiger partial charge is 0.192 e. The SMILES string of the molecule is C[C@H](C=O)[C@H]1CCC2[C@@H](O[Si](C)(C)C(C)(C)C)CCC[C@@]21C. The Morgan fingerprint density at radius 3 is 2.41 bits per heavy atom. The topological polar surface area (TPSA) is 26.3 Å². The predicted octanol–water partition coefficient (Wildman–Crippen LogP) is 5.43. The van der Waals surface area contributed by atoms with E-state index >= 15 is 0 Å². The van der Waals surface area contributed by atoms with Crippen molar-refractivity contribution in [3.8, 4) is 0 Å². The molecule has 2 rings (SSSR count). The van der Waals surface area contributed by atoms with E-state index in [0.717, 1.165) is 0 Å². The van der Waals surface area contributed by atoms with E-state index < -0.39 is 8.32 Å². The van der Waals surface area contributed by atoms with Crippen molar-refractivity contribution in [2.45, 2.75) is 91.0 Å². The maximum absolute atomic E-state index is 11.3. The monoisotopic (exact) mass is 324 g/mol. The van der Waals surface area contributed by atoms with Crippen LogP contribution in [0.1, 0.15) is 66.7 Å². The molecule has 3 heteroatoms. The molecular weight excluding hydrogens is 288 g/mol. The van der Waals surface area contributed by atoms with Crippen molar-refractivity contribution < 1.29 is 9.22 Å². The molecule has 128 valence electrons. The highest BCUT2D eigenvalue weighted by Gasteiger charge is 2.54. The fraction of sp³-hybridized carbons (Fsp3) is 0.947. The molecule has 22 heavy (non-hydrogen) atoms. The predicted molar refractivity (Wildman–Crippen MR) is 95.5 cm³/mol. The average molecular weight is 325 g/mol. The summed E-state index contributed by atoms with van der Waals surface area (Å²) in [6.45, 7) is 16.3. The summed E-state index contributed by atoms with van der Waals surface area (Å²) in [6, 6.07) is 0. The quantitative estimate of drug-likeness (QED) is 0.509. The van der Waals surface area contributed by atoms with Gasteiger partial charge < -0.3 is 9.22 Å². The van der Waals surface area contributed by atoms with Gasteiger partial charge in [-0.25, -0.2) is 0 Å². The number of rotatable bonds is 4. The molecule has 0 radical (unpaired) electrons. The van der Waals surface area contributed by atoms with Crippen LogP contribution in [-0.4, -0.2) is 20.7 Å². The van der Waals surface area contributed by atoms with E-state index in [1.165, 1.54) is 38.4 Å². The Morgan fingerprint density at radius 2 is 1.86 bits per heavy atom. The number of hydrogen-bond donors (Lipinski definition) is 0. The molecule has 0 heterocycles. The molecule has 2 aliphatic carbocycles. The van der Waals surface area contributed by atoms with Gasteiger partial charge in [0, 0.05) is 12.0 Å². The summed E-state index contributed by atoms with van der Waals surface area (Å²) in [4.78, 5) is 11.3. The molecule has 0 saturated heterocycles. The second kappa shape index (κ2) is 6.05. The van der Waals surface area contributed by atoms with Crippen LogP contribution < -0.4 is 0 Å². The van der Waals surface area contributed by atoms with Crippen molar-refractivity contribution in [1.29, 1.82) is 0 Å². The van der Waals surface area contributed by atoms with Crippen LogP contribution in [0.5, 0.6) is 0 Å². The van der Waals surface area contributed by atoms with Crippen LogP contribution in [-0.2, 0) is 9.22 Å². The standard InChI is InChI=1S/C19H36O2Si/c1-14(13-20)15-10-11-16-17(9-8-12-19(15,16)5)21-22(6,7)18(2,3)4/h13-17H,8-12H2,1-7H3/t14-,15-,16?,17+,19-/m1/s1. The number of aldehydes is 1. The summed E-state index contributed by atoms with van der Waals surface area (Å²) in [5.74, 6) is 1.41. The number of fused-ring (bicyclic) bond motifs is 1. The van der Waals surface area contributed by atoms with Gasteiger partial charge in [0.05, 0.1) is 0 Å². The van der Waals surface area contributed by atoms with Crippen LogP contribution in [0.4, 0.5) is 0 Å². The summed E-state index contributed by atoms with van der Waals surface area (Å²) in [5.41, 5.74) is 0.311. The van der Waals surface area contributed by atoms with Crippen LogP contribution in [0.25, 0.3) is 0 Å². The van der Waals surface area contributed by atoms with Gasteiger partial charge in [-0.2, -0.15) is 0 Å². The first-order chi connectivity index (χ1) is 10.0. The molecular formula is C19H36O2Si. The first-order valence-electron chi connectivity index (χ1n) is 9.16. The molecule has 0 spiro atoms. The van der Waals surface area contributed by atoms with E-state index in [2.05, 4.69) is 47.7 Å². The molecule has 2 fully saturated rings. The van der Waals surface area contributed by atoms with Gasteiger partial charge in [0.15, 0.2) is 8.32 Å². The summed E-state index contributed by atoms with van der Waals surface area (Å²) in [5, 5.41) is 0.273. The number of hydrogen-bond acceptors (Lipinski definition) is 2. The lowest BCUT2D eigenvalue weighted by Crippen LogP contribution is -2.50. The first kappa shape index (κ1) is 18.2. The Morgan fingerprint density at radius 1 is 1.23 bits per heavy atom. The van der Waals surface area contributed by atoms with E-state index in [4.69, 9.17) is 4.43 Å². The molecule has 1 unspecified atom stereocenters. The lowest BCUT2D eigenvalue weighted by atomic mass is 9.62. The highest BCUT2D eigenvalue weighted by molar-refractivity contribution is 6.74. The number of carbonyl (C=O) groups is 1. The summed E-state index contributed by atoms with van der Waals surface area (Å²) >= 11 is 0. The molecule has 2 nitrogen and oxygen atoms in total. The van der Waals surface area contributed by atoms with Gasteiger partial charge in [-0.3, -0.25) is 0 Å². The lowest BCUT2D eigenvalue weighted by Gasteiger charge is -2.49. The summed E-state index contributed by atoms with van der Waals surface area (Å²) < 4.78 is 6.83. The molecule has 0 aromatic carbocycles. The second-order valence-electron chi connectivity index (χ2n) is 9.60. The summed E-state index contributed by atoms with van der Waals surface area (Å²) in [7, 11) is -1.71. The molecule has 0 aliphatic heterocycles. The fourth-order valence-corrected chi connectivity index (χ4v) is 6.21. The van der Waals surface area contributed by atoms with Crippen LogP contribution in [0, 0.1) is 23.2 Å². The maximum atomic E-state index is 11.3. The fourth-order valence-electron chi connectivity index (χ4n) is 4.81. The summed E-state index contributed by atoms with van der Waals surface area (Å²) in [6.07, 6.45) is 7.80. The van der Waals surface area contributed by atoms with Gasteiger partial charge in [0.25, 0.3) is 0 Å². The Kier molecular flexibility index (Phi) is 5.00. The molecule has 0 aromatic rings. The molecule has 2 saturated carbocycles. The van der Waals surface area contributed by atoms with Crippen LogP contribution in [0.2, 0.25) is 18.1 Å². The molecule has 0 N–H and O–H groups in total. The van der Waals surface area contributed by atoms with E-state index in [9.17, 15) is 4.79 Å². The average Bonchev–Trinajstić information content (AvgIpc) is 2.74. The zero-order valence-electron chi connectivity index (χ0n) is 15.7. The van der Waals surface area contributed by atoms with E-state index in [-0.39, 0.29) is 11.0 Å². The minimum Gasteiger partial charge on any atom is -0.414 e. The molecule has 2 aliphatic rings. The van der Waals surface area contributed by atoms with Gasteiger partial charge in [0.1, 0.15) is 6.29 Å². The zero-order valence-corrected chi connectivity index (χ0v) is 16.7. The molecule has 0 amide bonds. The van der Waals surface area contributed by atoms with Crippen molar-refractivity contribution in [2.24, 2.45) is 23.2 Å². The third-order valence-corrected chi connectivity index (χ3v) is 11.7. The van der Waals surface area contributed by atoms with Crippen molar-refractivity contribution in [1.82, 2.24) is 0 Å². The minimum atomic E-state index is -1.71. The highest BCUT2D eigenvalue weighted by atomic mass is 28.4. The van der Waals surface area contributed by atoms with Gasteiger partial charge >= 0.3 is 0 Å². The third kappa shape index (κ3) is 3.08. The lowest BCUT2D eigenvalue weighted by molar-refractivity contribution is -0.114.